The van der Waals surface area contributed by atoms with Gasteiger partial charge in [0.05, 0.1) is 7.11 Å². The second-order valence-corrected chi connectivity index (χ2v) is 6.12. The third-order valence-corrected chi connectivity index (χ3v) is 3.92. The van der Waals surface area contributed by atoms with Crippen molar-refractivity contribution >= 4 is 11.9 Å². The highest BCUT2D eigenvalue weighted by molar-refractivity contribution is 5.85. The van der Waals surface area contributed by atoms with Gasteiger partial charge in [0, 0.05) is 0 Å². The lowest BCUT2D eigenvalue weighted by atomic mass is 10.0. The van der Waals surface area contributed by atoms with Crippen LogP contribution in [0.25, 0.3) is 0 Å². The van der Waals surface area contributed by atoms with Crippen molar-refractivity contribution in [3.63, 3.8) is 0 Å². The molecule has 0 saturated heterocycles. The van der Waals surface area contributed by atoms with Crippen molar-refractivity contribution in [3.8, 4) is 11.5 Å². The number of carboxylic acids is 1. The van der Waals surface area contributed by atoms with E-state index in [1.807, 2.05) is 12.1 Å². The van der Waals surface area contributed by atoms with Gasteiger partial charge in [-0.15, -0.1) is 0 Å². The molecule has 2 aromatic rings. The van der Waals surface area contributed by atoms with Gasteiger partial charge in [-0.25, -0.2) is 4.79 Å². The highest BCUT2D eigenvalue weighted by atomic mass is 16.5. The quantitative estimate of drug-likeness (QED) is 0.758. The number of hydrogen-bond acceptors (Lipinski definition) is 4. The second-order valence-electron chi connectivity index (χ2n) is 6.12. The molecular formula is C20H23NO5. The Morgan fingerprint density at radius 1 is 0.962 bits per heavy atom. The molecular weight excluding hydrogens is 334 g/mol. The molecule has 0 aliphatic heterocycles. The first-order valence-corrected chi connectivity index (χ1v) is 8.29. The Balaban J connectivity index is 1.95. The molecule has 0 heterocycles. The number of amides is 1. The van der Waals surface area contributed by atoms with Crippen molar-refractivity contribution in [2.75, 3.05) is 13.7 Å². The highest BCUT2D eigenvalue weighted by Gasteiger charge is 2.22. The number of carbonyl (C=O) groups excluding carboxylic acids is 1. The number of carboxylic acid groups (broad SMARTS) is 1. The van der Waals surface area contributed by atoms with Gasteiger partial charge < -0.3 is 19.9 Å². The SMILES string of the molecule is COc1ccc(C(NC(=O)COc2ccc(C(C)C)cc2)C(=O)O)cc1. The van der Waals surface area contributed by atoms with Crippen LogP contribution in [-0.2, 0) is 9.59 Å². The fraction of sp³-hybridized carbons (Fsp3) is 0.300. The molecule has 6 heteroatoms. The van der Waals surface area contributed by atoms with E-state index >= 15 is 0 Å². The summed E-state index contributed by atoms with van der Waals surface area (Å²) in [4.78, 5) is 23.6. The van der Waals surface area contributed by atoms with Crippen LogP contribution in [0.2, 0.25) is 0 Å². The molecule has 0 radical (unpaired) electrons. The number of methoxy groups -OCH3 is 1. The topological polar surface area (TPSA) is 84.9 Å². The highest BCUT2D eigenvalue weighted by Crippen LogP contribution is 2.19. The number of carbonyl (C=O) groups is 2. The van der Waals surface area contributed by atoms with Crippen LogP contribution in [0.5, 0.6) is 11.5 Å². The van der Waals surface area contributed by atoms with E-state index in [9.17, 15) is 14.7 Å². The smallest absolute Gasteiger partial charge is 0.330 e. The van der Waals surface area contributed by atoms with Crippen LogP contribution in [0, 0.1) is 0 Å². The molecule has 1 amide bonds. The minimum Gasteiger partial charge on any atom is -0.497 e. The number of aliphatic carboxylic acids is 1. The number of rotatable bonds is 8. The molecule has 2 rings (SSSR count). The average Bonchev–Trinajstić information content (AvgIpc) is 2.64. The normalized spacial score (nSPS) is 11.7. The third-order valence-electron chi connectivity index (χ3n) is 3.92. The first kappa shape index (κ1) is 19.3. The van der Waals surface area contributed by atoms with Crippen LogP contribution >= 0.6 is 0 Å². The number of benzene rings is 2. The van der Waals surface area contributed by atoms with Gasteiger partial charge in [0.1, 0.15) is 11.5 Å². The molecule has 0 bridgehead atoms. The van der Waals surface area contributed by atoms with Gasteiger partial charge in [-0.05, 0) is 41.3 Å². The standard InChI is InChI=1S/C20H23NO5/c1-13(2)14-4-10-17(11-5-14)26-12-18(22)21-19(20(23)24)15-6-8-16(25-3)9-7-15/h4-11,13,19H,12H2,1-3H3,(H,21,22)(H,23,24). The summed E-state index contributed by atoms with van der Waals surface area (Å²) in [6, 6.07) is 12.8. The van der Waals surface area contributed by atoms with Gasteiger partial charge in [-0.3, -0.25) is 4.79 Å². The van der Waals surface area contributed by atoms with Gasteiger partial charge in [0.2, 0.25) is 0 Å². The summed E-state index contributed by atoms with van der Waals surface area (Å²) < 4.78 is 10.5. The molecule has 0 spiro atoms. The zero-order valence-electron chi connectivity index (χ0n) is 15.1. The first-order valence-electron chi connectivity index (χ1n) is 8.29. The van der Waals surface area contributed by atoms with E-state index in [0.717, 1.165) is 0 Å². The Labute approximate surface area is 152 Å². The van der Waals surface area contributed by atoms with E-state index in [1.165, 1.54) is 12.7 Å². The Morgan fingerprint density at radius 3 is 2.00 bits per heavy atom. The molecule has 2 N–H and O–H groups in total. The van der Waals surface area contributed by atoms with E-state index in [4.69, 9.17) is 9.47 Å². The summed E-state index contributed by atoms with van der Waals surface area (Å²) in [5.74, 6) is -0.0857. The molecule has 1 atom stereocenters. The maximum absolute atomic E-state index is 12.1. The minimum absolute atomic E-state index is 0.263. The summed E-state index contributed by atoms with van der Waals surface area (Å²) in [5, 5.41) is 11.8. The molecule has 0 aliphatic rings. The number of hydrogen-bond donors (Lipinski definition) is 2. The lowest BCUT2D eigenvalue weighted by molar-refractivity contribution is -0.142. The minimum atomic E-state index is -1.15. The summed E-state index contributed by atoms with van der Waals surface area (Å²) >= 11 is 0. The molecule has 0 aromatic heterocycles. The van der Waals surface area contributed by atoms with Crippen molar-refractivity contribution in [2.45, 2.75) is 25.8 Å². The molecule has 1 unspecified atom stereocenters. The molecule has 0 aliphatic carbocycles. The Kier molecular flexibility index (Phi) is 6.60. The Bertz CT molecular complexity index is 738. The van der Waals surface area contributed by atoms with Crippen molar-refractivity contribution in [1.82, 2.24) is 5.32 Å². The van der Waals surface area contributed by atoms with E-state index < -0.39 is 17.9 Å². The molecule has 138 valence electrons. The van der Waals surface area contributed by atoms with Gasteiger partial charge >= 0.3 is 5.97 Å². The summed E-state index contributed by atoms with van der Waals surface area (Å²) in [6.45, 7) is 3.92. The lowest BCUT2D eigenvalue weighted by Crippen LogP contribution is -2.36. The molecule has 2 aromatic carbocycles. The van der Waals surface area contributed by atoms with Gasteiger partial charge in [-0.2, -0.15) is 0 Å². The summed E-state index contributed by atoms with van der Waals surface area (Å²) in [7, 11) is 1.52. The van der Waals surface area contributed by atoms with E-state index in [2.05, 4.69) is 19.2 Å². The predicted octanol–water partition coefficient (Wildman–Crippen LogP) is 3.14. The van der Waals surface area contributed by atoms with E-state index in [0.29, 0.717) is 23.0 Å². The van der Waals surface area contributed by atoms with Crippen molar-refractivity contribution < 1.29 is 24.2 Å². The van der Waals surface area contributed by atoms with Crippen LogP contribution in [0.1, 0.15) is 36.9 Å². The fourth-order valence-corrected chi connectivity index (χ4v) is 2.38. The monoisotopic (exact) mass is 357 g/mol. The predicted molar refractivity (Wildman–Crippen MR) is 97.5 cm³/mol. The van der Waals surface area contributed by atoms with Crippen LogP contribution < -0.4 is 14.8 Å². The van der Waals surface area contributed by atoms with Crippen molar-refractivity contribution in [3.05, 3.63) is 59.7 Å². The largest absolute Gasteiger partial charge is 0.497 e. The Morgan fingerprint density at radius 2 is 1.50 bits per heavy atom. The van der Waals surface area contributed by atoms with E-state index in [-0.39, 0.29) is 6.61 Å². The van der Waals surface area contributed by atoms with Gasteiger partial charge in [0.15, 0.2) is 12.6 Å². The molecule has 0 saturated carbocycles. The summed E-state index contributed by atoms with van der Waals surface area (Å²) in [5.41, 5.74) is 1.63. The zero-order chi connectivity index (χ0) is 19.1. The third kappa shape index (κ3) is 5.24. The average molecular weight is 357 g/mol. The van der Waals surface area contributed by atoms with Crippen LogP contribution in [0.4, 0.5) is 0 Å². The molecule has 0 fully saturated rings. The molecule has 26 heavy (non-hydrogen) atoms. The maximum atomic E-state index is 12.1. The van der Waals surface area contributed by atoms with Crippen LogP contribution in [0.15, 0.2) is 48.5 Å². The van der Waals surface area contributed by atoms with Gasteiger partial charge in [0.25, 0.3) is 5.91 Å². The van der Waals surface area contributed by atoms with Crippen molar-refractivity contribution in [1.29, 1.82) is 0 Å². The maximum Gasteiger partial charge on any atom is 0.330 e. The lowest BCUT2D eigenvalue weighted by Gasteiger charge is -2.16. The van der Waals surface area contributed by atoms with Crippen LogP contribution in [0.3, 0.4) is 0 Å². The number of nitrogens with one attached hydrogen (secondary N) is 1. The fourth-order valence-electron chi connectivity index (χ4n) is 2.38. The number of ether oxygens (including phenoxy) is 2. The summed E-state index contributed by atoms with van der Waals surface area (Å²) in [6.07, 6.45) is 0. The van der Waals surface area contributed by atoms with Crippen molar-refractivity contribution in [2.24, 2.45) is 0 Å². The van der Waals surface area contributed by atoms with E-state index in [1.54, 1.807) is 36.4 Å². The second kappa shape index (κ2) is 8.89. The molecule has 6 nitrogen and oxygen atoms in total. The van der Waals surface area contributed by atoms with Gasteiger partial charge in [-0.1, -0.05) is 38.1 Å². The Hall–Kier alpha value is -3.02. The van der Waals surface area contributed by atoms with Crippen LogP contribution in [-0.4, -0.2) is 30.7 Å². The zero-order valence-corrected chi connectivity index (χ0v) is 15.1. The first-order chi connectivity index (χ1) is 12.4.